The summed E-state index contributed by atoms with van der Waals surface area (Å²) in [4.78, 5) is 0. The summed E-state index contributed by atoms with van der Waals surface area (Å²) in [5.74, 6) is -2.36. The average molecular weight is 418 g/mol. The molecule has 156 valence electrons. The molecule has 0 unspecified atom stereocenters. The number of alkyl halides is 3. The minimum Gasteiger partial charge on any atom is -0.489 e. The summed E-state index contributed by atoms with van der Waals surface area (Å²) in [7, 11) is 0. The molecule has 6 heteroatoms. The molecule has 0 aromatic heterocycles. The van der Waals surface area contributed by atoms with E-state index in [0.717, 1.165) is 35.2 Å². The molecule has 3 aromatic carbocycles. The third kappa shape index (κ3) is 5.69. The third-order valence-electron chi connectivity index (χ3n) is 4.55. The standard InChI is InChI=1S/C24H19F5O/c1-2-16-3-7-18(8-4-16)19-9-5-17(6-10-19)15-30-20-13-22(25)21(23(26)14-20)11-12-24(27,28)29/h3-14H,2,15H2,1H3/b12-11+. The molecule has 0 saturated carbocycles. The number of rotatable bonds is 6. The molecular formula is C24H19F5O. The van der Waals surface area contributed by atoms with E-state index in [0.29, 0.717) is 6.08 Å². The summed E-state index contributed by atoms with van der Waals surface area (Å²) in [5.41, 5.74) is 3.37. The minimum absolute atomic E-state index is 0.0612. The fraction of sp³-hybridized carbons (Fsp3) is 0.167. The lowest BCUT2D eigenvalue weighted by Crippen LogP contribution is -2.02. The number of ether oxygens (including phenoxy) is 1. The topological polar surface area (TPSA) is 9.23 Å². The van der Waals surface area contributed by atoms with Crippen molar-refractivity contribution in [3.63, 3.8) is 0 Å². The van der Waals surface area contributed by atoms with Gasteiger partial charge in [0.05, 0.1) is 0 Å². The molecule has 0 atom stereocenters. The van der Waals surface area contributed by atoms with Gasteiger partial charge in [-0.05, 0) is 34.8 Å². The predicted octanol–water partition coefficient (Wildman–Crippen LogP) is 7.35. The first kappa shape index (κ1) is 21.6. The molecule has 0 fully saturated rings. The van der Waals surface area contributed by atoms with Gasteiger partial charge in [0, 0.05) is 23.8 Å². The van der Waals surface area contributed by atoms with Crippen molar-refractivity contribution >= 4 is 6.08 Å². The van der Waals surface area contributed by atoms with Crippen LogP contribution < -0.4 is 4.74 Å². The second kappa shape index (κ2) is 9.11. The van der Waals surface area contributed by atoms with E-state index in [4.69, 9.17) is 4.74 Å². The van der Waals surface area contributed by atoms with Gasteiger partial charge in [-0.3, -0.25) is 0 Å². The maximum atomic E-state index is 14.0. The van der Waals surface area contributed by atoms with Crippen LogP contribution in [0.4, 0.5) is 22.0 Å². The molecule has 0 aliphatic carbocycles. The molecule has 0 radical (unpaired) electrons. The van der Waals surface area contributed by atoms with Crippen molar-refractivity contribution < 1.29 is 26.7 Å². The molecule has 0 saturated heterocycles. The Hall–Kier alpha value is -3.15. The van der Waals surface area contributed by atoms with Crippen LogP contribution in [0.2, 0.25) is 0 Å². The highest BCUT2D eigenvalue weighted by Gasteiger charge is 2.23. The molecular weight excluding hydrogens is 399 g/mol. The lowest BCUT2D eigenvalue weighted by molar-refractivity contribution is -0.0790. The summed E-state index contributed by atoms with van der Waals surface area (Å²) in [6, 6.07) is 17.5. The molecule has 0 heterocycles. The number of halogens is 5. The van der Waals surface area contributed by atoms with E-state index in [1.165, 1.54) is 5.56 Å². The zero-order valence-corrected chi connectivity index (χ0v) is 16.1. The van der Waals surface area contributed by atoms with Gasteiger partial charge >= 0.3 is 6.18 Å². The average Bonchev–Trinajstić information content (AvgIpc) is 2.71. The maximum absolute atomic E-state index is 14.0. The third-order valence-corrected chi connectivity index (χ3v) is 4.55. The molecule has 3 rings (SSSR count). The lowest BCUT2D eigenvalue weighted by Gasteiger charge is -2.10. The van der Waals surface area contributed by atoms with E-state index in [2.05, 4.69) is 19.1 Å². The molecule has 3 aromatic rings. The smallest absolute Gasteiger partial charge is 0.409 e. The zero-order valence-electron chi connectivity index (χ0n) is 16.1. The van der Waals surface area contributed by atoms with Crippen LogP contribution in [0, 0.1) is 11.6 Å². The molecule has 0 spiro atoms. The molecule has 1 nitrogen and oxygen atoms in total. The summed E-state index contributed by atoms with van der Waals surface area (Å²) >= 11 is 0. The van der Waals surface area contributed by atoms with Crippen molar-refractivity contribution in [2.24, 2.45) is 0 Å². The second-order valence-electron chi connectivity index (χ2n) is 6.71. The molecule has 0 bridgehead atoms. The Labute approximate surface area is 171 Å². The van der Waals surface area contributed by atoms with Gasteiger partial charge in [-0.15, -0.1) is 0 Å². The highest BCUT2D eigenvalue weighted by atomic mass is 19.4. The Morgan fingerprint density at radius 3 is 1.77 bits per heavy atom. The summed E-state index contributed by atoms with van der Waals surface area (Å²) in [6.45, 7) is 2.15. The first-order valence-corrected chi connectivity index (χ1v) is 9.31. The Kier molecular flexibility index (Phi) is 6.55. The highest BCUT2D eigenvalue weighted by molar-refractivity contribution is 5.64. The van der Waals surface area contributed by atoms with E-state index >= 15 is 0 Å². The van der Waals surface area contributed by atoms with Crippen molar-refractivity contribution in [1.29, 1.82) is 0 Å². The van der Waals surface area contributed by atoms with Crippen molar-refractivity contribution in [3.8, 4) is 16.9 Å². The summed E-state index contributed by atoms with van der Waals surface area (Å²) in [6.07, 6.45) is -3.54. The largest absolute Gasteiger partial charge is 0.489 e. The normalized spacial score (nSPS) is 11.8. The fourth-order valence-corrected chi connectivity index (χ4v) is 2.87. The molecule has 0 aliphatic heterocycles. The van der Waals surface area contributed by atoms with Gasteiger partial charge in [0.1, 0.15) is 24.0 Å². The van der Waals surface area contributed by atoms with Gasteiger partial charge in [0.25, 0.3) is 0 Å². The molecule has 0 aliphatic rings. The van der Waals surface area contributed by atoms with Gasteiger partial charge < -0.3 is 4.74 Å². The predicted molar refractivity (Wildman–Crippen MR) is 107 cm³/mol. The molecule has 0 N–H and O–H groups in total. The van der Waals surface area contributed by atoms with E-state index in [-0.39, 0.29) is 18.4 Å². The van der Waals surface area contributed by atoms with Crippen molar-refractivity contribution in [2.75, 3.05) is 0 Å². The Morgan fingerprint density at radius 2 is 1.30 bits per heavy atom. The summed E-state index contributed by atoms with van der Waals surface area (Å²) < 4.78 is 70.0. The maximum Gasteiger partial charge on any atom is 0.409 e. The van der Waals surface area contributed by atoms with Crippen LogP contribution in [0.1, 0.15) is 23.6 Å². The molecule has 30 heavy (non-hydrogen) atoms. The fourth-order valence-electron chi connectivity index (χ4n) is 2.87. The zero-order chi connectivity index (χ0) is 21.7. The number of allylic oxidation sites excluding steroid dienone is 1. The highest BCUT2D eigenvalue weighted by Crippen LogP contribution is 2.26. The van der Waals surface area contributed by atoms with Gasteiger partial charge in [0.2, 0.25) is 0 Å². The summed E-state index contributed by atoms with van der Waals surface area (Å²) in [5, 5.41) is 0. The SMILES string of the molecule is CCc1ccc(-c2ccc(COc3cc(F)c(/C=C/C(F)(F)F)c(F)c3)cc2)cc1. The van der Waals surface area contributed by atoms with E-state index < -0.39 is 23.4 Å². The number of hydrogen-bond acceptors (Lipinski definition) is 1. The van der Waals surface area contributed by atoms with Crippen molar-refractivity contribution in [2.45, 2.75) is 26.1 Å². The van der Waals surface area contributed by atoms with Crippen molar-refractivity contribution in [3.05, 3.63) is 95.1 Å². The van der Waals surface area contributed by atoms with E-state index in [1.54, 1.807) is 0 Å². The Morgan fingerprint density at radius 1 is 0.800 bits per heavy atom. The quantitative estimate of drug-likeness (QED) is 0.380. The first-order chi connectivity index (χ1) is 14.2. The van der Waals surface area contributed by atoms with Crippen LogP contribution in [0.3, 0.4) is 0 Å². The monoisotopic (exact) mass is 418 g/mol. The Balaban J connectivity index is 1.67. The van der Waals surface area contributed by atoms with Gasteiger partial charge in [-0.2, -0.15) is 13.2 Å². The number of aryl methyl sites for hydroxylation is 1. The van der Waals surface area contributed by atoms with Crippen molar-refractivity contribution in [1.82, 2.24) is 0 Å². The van der Waals surface area contributed by atoms with Gasteiger partial charge in [0.15, 0.2) is 0 Å². The van der Waals surface area contributed by atoms with Crippen LogP contribution in [0.15, 0.2) is 66.7 Å². The Bertz CT molecular complexity index is 996. The number of hydrogen-bond donors (Lipinski definition) is 0. The van der Waals surface area contributed by atoms with E-state index in [1.807, 2.05) is 36.4 Å². The van der Waals surface area contributed by atoms with E-state index in [9.17, 15) is 22.0 Å². The lowest BCUT2D eigenvalue weighted by atomic mass is 10.0. The van der Waals surface area contributed by atoms with Crippen LogP contribution in [0.25, 0.3) is 17.2 Å². The van der Waals surface area contributed by atoms with Gasteiger partial charge in [-0.1, -0.05) is 55.5 Å². The van der Waals surface area contributed by atoms with Gasteiger partial charge in [-0.25, -0.2) is 8.78 Å². The first-order valence-electron chi connectivity index (χ1n) is 9.31. The van der Waals surface area contributed by atoms with Crippen LogP contribution in [-0.4, -0.2) is 6.18 Å². The minimum atomic E-state index is -4.65. The van der Waals surface area contributed by atoms with Crippen LogP contribution in [0.5, 0.6) is 5.75 Å². The van der Waals surface area contributed by atoms with Crippen LogP contribution in [-0.2, 0) is 13.0 Å². The number of benzene rings is 3. The molecule has 0 amide bonds. The van der Waals surface area contributed by atoms with Crippen LogP contribution >= 0.6 is 0 Å². The second-order valence-corrected chi connectivity index (χ2v) is 6.71.